The number of anilines is 1. The average molecular weight is 566 g/mol. The van der Waals surface area contributed by atoms with Crippen LogP contribution in [0.1, 0.15) is 36.0 Å². The summed E-state index contributed by atoms with van der Waals surface area (Å²) in [5.74, 6) is 1.81. The van der Waals surface area contributed by atoms with Gasteiger partial charge in [-0.1, -0.05) is 24.3 Å². The van der Waals surface area contributed by atoms with Crippen molar-refractivity contribution in [2.24, 2.45) is 4.99 Å². The first-order chi connectivity index (χ1) is 15.6. The number of ether oxygens (including phenoxy) is 2. The lowest BCUT2D eigenvalue weighted by Crippen LogP contribution is -2.36. The monoisotopic (exact) mass is 566 g/mol. The minimum absolute atomic E-state index is 0. The summed E-state index contributed by atoms with van der Waals surface area (Å²) >= 11 is 0. The SMILES string of the molecule is CN=C(NCc1ccc(N2CCCC2=O)cc1)NCc1ccc(C)cc1OCCCOC.I. The van der Waals surface area contributed by atoms with Crippen LogP contribution in [0.3, 0.4) is 0 Å². The van der Waals surface area contributed by atoms with Gasteiger partial charge in [-0.3, -0.25) is 9.79 Å². The number of carbonyl (C=O) groups excluding carboxylic acids is 1. The number of aliphatic imine (C=N–C) groups is 1. The van der Waals surface area contributed by atoms with E-state index in [9.17, 15) is 4.79 Å². The van der Waals surface area contributed by atoms with Gasteiger partial charge in [-0.05, 0) is 42.7 Å². The van der Waals surface area contributed by atoms with Crippen molar-refractivity contribution in [1.29, 1.82) is 0 Å². The maximum Gasteiger partial charge on any atom is 0.227 e. The zero-order valence-corrected chi connectivity index (χ0v) is 22.1. The van der Waals surface area contributed by atoms with Crippen molar-refractivity contribution in [3.05, 3.63) is 59.2 Å². The number of benzene rings is 2. The molecule has 2 N–H and O–H groups in total. The lowest BCUT2D eigenvalue weighted by Gasteiger charge is -2.17. The summed E-state index contributed by atoms with van der Waals surface area (Å²) in [6.07, 6.45) is 2.43. The summed E-state index contributed by atoms with van der Waals surface area (Å²) in [6.45, 7) is 5.42. The summed E-state index contributed by atoms with van der Waals surface area (Å²) in [4.78, 5) is 18.1. The Kier molecular flexibility index (Phi) is 11.5. The minimum atomic E-state index is 0. The van der Waals surface area contributed by atoms with Crippen molar-refractivity contribution in [3.8, 4) is 5.75 Å². The first-order valence-electron chi connectivity index (χ1n) is 11.2. The Morgan fingerprint density at radius 2 is 1.85 bits per heavy atom. The minimum Gasteiger partial charge on any atom is -0.493 e. The number of guanidine groups is 1. The van der Waals surface area contributed by atoms with Crippen LogP contribution in [0.5, 0.6) is 5.75 Å². The number of aryl methyl sites for hydroxylation is 1. The molecule has 1 amide bonds. The van der Waals surface area contributed by atoms with Crippen LogP contribution in [-0.2, 0) is 22.6 Å². The Morgan fingerprint density at radius 1 is 1.09 bits per heavy atom. The third-order valence-corrected chi connectivity index (χ3v) is 5.42. The fourth-order valence-corrected chi connectivity index (χ4v) is 3.63. The smallest absolute Gasteiger partial charge is 0.227 e. The van der Waals surface area contributed by atoms with Gasteiger partial charge in [0.15, 0.2) is 5.96 Å². The van der Waals surface area contributed by atoms with Crippen LogP contribution in [0.4, 0.5) is 5.69 Å². The van der Waals surface area contributed by atoms with Crippen molar-refractivity contribution >= 4 is 41.5 Å². The molecule has 2 aromatic rings. The van der Waals surface area contributed by atoms with Gasteiger partial charge in [0.1, 0.15) is 5.75 Å². The van der Waals surface area contributed by atoms with E-state index in [1.54, 1.807) is 14.2 Å². The summed E-state index contributed by atoms with van der Waals surface area (Å²) in [5.41, 5.74) is 4.34. The molecule has 33 heavy (non-hydrogen) atoms. The fraction of sp³-hybridized carbons (Fsp3) is 0.440. The average Bonchev–Trinajstić information content (AvgIpc) is 3.24. The number of hydrogen-bond acceptors (Lipinski definition) is 4. The molecule has 1 fully saturated rings. The van der Waals surface area contributed by atoms with Crippen LogP contribution in [0.2, 0.25) is 0 Å². The molecule has 0 atom stereocenters. The third kappa shape index (κ3) is 8.19. The number of rotatable bonds is 10. The molecule has 3 rings (SSSR count). The fourth-order valence-electron chi connectivity index (χ4n) is 3.63. The van der Waals surface area contributed by atoms with Crippen molar-refractivity contribution in [2.75, 3.05) is 38.8 Å². The molecule has 180 valence electrons. The maximum atomic E-state index is 11.9. The molecule has 1 saturated heterocycles. The number of carbonyl (C=O) groups is 1. The molecule has 8 heteroatoms. The number of nitrogens with zero attached hydrogens (tertiary/aromatic N) is 2. The summed E-state index contributed by atoms with van der Waals surface area (Å²) in [6, 6.07) is 14.3. The van der Waals surface area contributed by atoms with Crippen molar-refractivity contribution < 1.29 is 14.3 Å². The second kappa shape index (κ2) is 14.0. The first-order valence-corrected chi connectivity index (χ1v) is 11.2. The molecule has 1 aliphatic rings. The van der Waals surface area contributed by atoms with Crippen molar-refractivity contribution in [1.82, 2.24) is 10.6 Å². The van der Waals surface area contributed by atoms with E-state index in [2.05, 4.69) is 40.7 Å². The molecule has 0 aliphatic carbocycles. The molecule has 1 heterocycles. The van der Waals surface area contributed by atoms with Gasteiger partial charge >= 0.3 is 0 Å². The van der Waals surface area contributed by atoms with E-state index in [1.165, 1.54) is 0 Å². The summed E-state index contributed by atoms with van der Waals surface area (Å²) in [5, 5.41) is 6.71. The Morgan fingerprint density at radius 3 is 2.52 bits per heavy atom. The maximum absolute atomic E-state index is 11.9. The van der Waals surface area contributed by atoms with E-state index >= 15 is 0 Å². The Bertz CT molecular complexity index is 918. The van der Waals surface area contributed by atoms with Gasteiger partial charge in [-0.15, -0.1) is 24.0 Å². The van der Waals surface area contributed by atoms with E-state index < -0.39 is 0 Å². The van der Waals surface area contributed by atoms with Crippen molar-refractivity contribution in [3.63, 3.8) is 0 Å². The second-order valence-corrected chi connectivity index (χ2v) is 7.90. The van der Waals surface area contributed by atoms with E-state index in [4.69, 9.17) is 9.47 Å². The van der Waals surface area contributed by atoms with Crippen LogP contribution in [-0.4, -0.2) is 45.8 Å². The predicted octanol–water partition coefficient (Wildman–Crippen LogP) is 4.02. The van der Waals surface area contributed by atoms with Gasteiger partial charge in [0.25, 0.3) is 0 Å². The molecule has 2 aromatic carbocycles. The first kappa shape index (κ1) is 26.9. The molecule has 0 saturated carbocycles. The standard InChI is InChI=1S/C25H34N4O3.HI/c1-19-7-10-21(23(16-19)32-15-5-14-31-3)18-28-25(26-2)27-17-20-8-11-22(12-9-20)29-13-4-6-24(29)30;/h7-12,16H,4-6,13-15,17-18H2,1-3H3,(H2,26,27,28);1H. The van der Waals surface area contributed by atoms with Crippen LogP contribution in [0, 0.1) is 6.92 Å². The van der Waals surface area contributed by atoms with Crippen LogP contribution >= 0.6 is 24.0 Å². The number of hydrogen-bond donors (Lipinski definition) is 2. The Hall–Kier alpha value is -2.33. The molecule has 0 bridgehead atoms. The Balaban J connectivity index is 0.00000385. The van der Waals surface area contributed by atoms with Crippen LogP contribution in [0.15, 0.2) is 47.5 Å². The Labute approximate surface area is 214 Å². The summed E-state index contributed by atoms with van der Waals surface area (Å²) < 4.78 is 11.1. The highest BCUT2D eigenvalue weighted by molar-refractivity contribution is 14.0. The molecular formula is C25H35IN4O3. The molecule has 0 radical (unpaired) electrons. The quantitative estimate of drug-likeness (QED) is 0.197. The van der Waals surface area contributed by atoms with Gasteiger partial charge in [0.2, 0.25) is 5.91 Å². The number of methoxy groups -OCH3 is 1. The molecular weight excluding hydrogens is 531 g/mol. The molecule has 0 aromatic heterocycles. The van der Waals surface area contributed by atoms with Crippen molar-refractivity contribution in [2.45, 2.75) is 39.3 Å². The highest BCUT2D eigenvalue weighted by Gasteiger charge is 2.21. The van der Waals surface area contributed by atoms with Gasteiger partial charge in [-0.25, -0.2) is 0 Å². The highest BCUT2D eigenvalue weighted by atomic mass is 127. The number of halogens is 1. The molecule has 0 unspecified atom stereocenters. The lowest BCUT2D eigenvalue weighted by atomic mass is 10.1. The molecule has 0 spiro atoms. The predicted molar refractivity (Wildman–Crippen MR) is 144 cm³/mol. The highest BCUT2D eigenvalue weighted by Crippen LogP contribution is 2.22. The summed E-state index contributed by atoms with van der Waals surface area (Å²) in [7, 11) is 3.46. The normalized spacial score (nSPS) is 13.6. The van der Waals surface area contributed by atoms with Gasteiger partial charge < -0.3 is 25.0 Å². The van der Waals surface area contributed by atoms with Gasteiger partial charge in [0, 0.05) is 64.5 Å². The zero-order chi connectivity index (χ0) is 22.8. The third-order valence-electron chi connectivity index (χ3n) is 5.42. The van der Waals surface area contributed by atoms with Crippen LogP contribution in [0.25, 0.3) is 0 Å². The zero-order valence-electron chi connectivity index (χ0n) is 19.7. The number of nitrogens with one attached hydrogen (secondary N) is 2. The lowest BCUT2D eigenvalue weighted by molar-refractivity contribution is -0.117. The topological polar surface area (TPSA) is 75.2 Å². The molecule has 1 aliphatic heterocycles. The number of amides is 1. The van der Waals surface area contributed by atoms with Crippen LogP contribution < -0.4 is 20.3 Å². The largest absolute Gasteiger partial charge is 0.493 e. The molecule has 7 nitrogen and oxygen atoms in total. The van der Waals surface area contributed by atoms with Gasteiger partial charge in [0.05, 0.1) is 6.61 Å². The van der Waals surface area contributed by atoms with Gasteiger partial charge in [-0.2, -0.15) is 0 Å². The van der Waals surface area contributed by atoms with E-state index in [0.717, 1.165) is 53.5 Å². The van der Waals surface area contributed by atoms with E-state index in [1.807, 2.05) is 29.2 Å². The second-order valence-electron chi connectivity index (χ2n) is 7.90. The van der Waals surface area contributed by atoms with E-state index in [-0.39, 0.29) is 29.9 Å². The van der Waals surface area contributed by atoms with E-state index in [0.29, 0.717) is 32.7 Å².